The van der Waals surface area contributed by atoms with E-state index in [0.717, 1.165) is 44.1 Å². The van der Waals surface area contributed by atoms with Crippen molar-refractivity contribution in [3.63, 3.8) is 0 Å². The van der Waals surface area contributed by atoms with Gasteiger partial charge < -0.3 is 0 Å². The van der Waals surface area contributed by atoms with E-state index in [1.807, 2.05) is 48.5 Å². The Balaban J connectivity index is 1.68. The molecule has 26 heavy (non-hydrogen) atoms. The van der Waals surface area contributed by atoms with Gasteiger partial charge in [0.2, 0.25) is 0 Å². The van der Waals surface area contributed by atoms with Gasteiger partial charge in [0.15, 0.2) is 5.78 Å². The van der Waals surface area contributed by atoms with Crippen LogP contribution >= 0.6 is 31.9 Å². The number of carbonyl (C=O) groups is 1. The predicted octanol–water partition coefficient (Wildman–Crippen LogP) is 5.83. The molecule has 1 fully saturated rings. The number of allylic oxidation sites excluding steroid dienone is 4. The van der Waals surface area contributed by atoms with E-state index in [4.69, 9.17) is 0 Å². The number of halogens is 2. The second-order valence-corrected chi connectivity index (χ2v) is 7.55. The SMILES string of the molecule is O=C1/C(=C/C#Cc2ccc(Br)cc2)CC/C1=C\C#Cc1ccc(Br)cc1. The van der Waals surface area contributed by atoms with Crippen LogP contribution in [-0.4, -0.2) is 5.78 Å². The number of Topliss-reactive ketones (excluding diaryl/α,β-unsaturated/α-hetero) is 1. The summed E-state index contributed by atoms with van der Waals surface area (Å²) < 4.78 is 2.04. The highest BCUT2D eigenvalue weighted by atomic mass is 79.9. The maximum atomic E-state index is 12.4. The zero-order valence-corrected chi connectivity index (χ0v) is 17.0. The molecule has 126 valence electrons. The second kappa shape index (κ2) is 8.86. The molecule has 0 saturated heterocycles. The maximum Gasteiger partial charge on any atom is 0.186 e. The summed E-state index contributed by atoms with van der Waals surface area (Å²) in [7, 11) is 0. The molecule has 3 rings (SSSR count). The topological polar surface area (TPSA) is 17.1 Å². The summed E-state index contributed by atoms with van der Waals surface area (Å²) >= 11 is 6.79. The number of hydrogen-bond donors (Lipinski definition) is 0. The Bertz CT molecular complexity index is 919. The van der Waals surface area contributed by atoms with Crippen LogP contribution in [0, 0.1) is 23.7 Å². The Morgan fingerprint density at radius 2 is 1.08 bits per heavy atom. The lowest BCUT2D eigenvalue weighted by atomic mass is 10.1. The number of rotatable bonds is 0. The van der Waals surface area contributed by atoms with Gasteiger partial charge in [-0.15, -0.1) is 0 Å². The van der Waals surface area contributed by atoms with Gasteiger partial charge in [-0.05, 0) is 73.5 Å². The van der Waals surface area contributed by atoms with Crippen LogP contribution in [0.1, 0.15) is 24.0 Å². The minimum Gasteiger partial charge on any atom is -0.289 e. The van der Waals surface area contributed by atoms with Crippen molar-refractivity contribution in [2.45, 2.75) is 12.8 Å². The van der Waals surface area contributed by atoms with Crippen LogP contribution in [0.5, 0.6) is 0 Å². The first kappa shape index (κ1) is 18.5. The normalized spacial score (nSPS) is 16.2. The molecule has 2 aromatic carbocycles. The summed E-state index contributed by atoms with van der Waals surface area (Å²) in [6.45, 7) is 0. The van der Waals surface area contributed by atoms with Gasteiger partial charge in [0.05, 0.1) is 0 Å². The highest BCUT2D eigenvalue weighted by Gasteiger charge is 2.21. The van der Waals surface area contributed by atoms with Crippen molar-refractivity contribution in [1.29, 1.82) is 0 Å². The summed E-state index contributed by atoms with van der Waals surface area (Å²) in [5.41, 5.74) is 3.36. The largest absolute Gasteiger partial charge is 0.289 e. The van der Waals surface area contributed by atoms with Crippen molar-refractivity contribution < 1.29 is 4.79 Å². The highest BCUT2D eigenvalue weighted by molar-refractivity contribution is 9.10. The smallest absolute Gasteiger partial charge is 0.186 e. The van der Waals surface area contributed by atoms with E-state index in [2.05, 4.69) is 55.5 Å². The number of carbonyl (C=O) groups excluding carboxylic acids is 1. The zero-order chi connectivity index (χ0) is 18.4. The number of ketones is 1. The average Bonchev–Trinajstić information content (AvgIpc) is 2.99. The van der Waals surface area contributed by atoms with E-state index in [-0.39, 0.29) is 5.78 Å². The third kappa shape index (κ3) is 5.09. The second-order valence-electron chi connectivity index (χ2n) is 5.72. The molecule has 0 unspecified atom stereocenters. The van der Waals surface area contributed by atoms with E-state index >= 15 is 0 Å². The standard InChI is InChI=1S/C23H14Br2O/c24-21-13-7-17(8-14-21)3-1-5-19-11-12-20(23(19)26)6-2-4-18-9-15-22(25)16-10-18/h5-10,13-16H,11-12H2/b19-5+,20-6+. The van der Waals surface area contributed by atoms with E-state index < -0.39 is 0 Å². The van der Waals surface area contributed by atoms with Gasteiger partial charge in [-0.3, -0.25) is 4.79 Å². The van der Waals surface area contributed by atoms with E-state index in [0.29, 0.717) is 0 Å². The van der Waals surface area contributed by atoms with Crippen molar-refractivity contribution in [3.8, 4) is 23.7 Å². The lowest BCUT2D eigenvalue weighted by Gasteiger charge is -1.91. The van der Waals surface area contributed by atoms with Gasteiger partial charge in [-0.1, -0.05) is 55.5 Å². The Kier molecular flexibility index (Phi) is 6.29. The molecule has 0 atom stereocenters. The van der Waals surface area contributed by atoms with Crippen LogP contribution in [0.3, 0.4) is 0 Å². The first-order chi connectivity index (χ1) is 12.6. The molecule has 0 aliphatic heterocycles. The lowest BCUT2D eigenvalue weighted by molar-refractivity contribution is -0.111. The van der Waals surface area contributed by atoms with Crippen LogP contribution in [0.25, 0.3) is 0 Å². The maximum absolute atomic E-state index is 12.4. The van der Waals surface area contributed by atoms with Crippen LogP contribution in [-0.2, 0) is 4.79 Å². The Hall–Kier alpha value is -2.33. The van der Waals surface area contributed by atoms with Crippen molar-refractivity contribution in [3.05, 3.63) is 91.9 Å². The van der Waals surface area contributed by atoms with E-state index in [9.17, 15) is 4.79 Å². The third-order valence-corrected chi connectivity index (χ3v) is 4.92. The summed E-state index contributed by atoms with van der Waals surface area (Å²) in [5, 5.41) is 0. The lowest BCUT2D eigenvalue weighted by Crippen LogP contribution is -1.94. The Labute approximate surface area is 170 Å². The molecule has 1 aliphatic rings. The number of hydrogen-bond acceptors (Lipinski definition) is 1. The number of benzene rings is 2. The van der Waals surface area contributed by atoms with Crippen molar-refractivity contribution >= 4 is 37.6 Å². The quantitative estimate of drug-likeness (QED) is 0.353. The van der Waals surface area contributed by atoms with Gasteiger partial charge >= 0.3 is 0 Å². The summed E-state index contributed by atoms with van der Waals surface area (Å²) in [4.78, 5) is 12.4. The molecular weight excluding hydrogens is 452 g/mol. The van der Waals surface area contributed by atoms with Crippen LogP contribution < -0.4 is 0 Å². The molecule has 1 saturated carbocycles. The molecule has 0 spiro atoms. The fraction of sp³-hybridized carbons (Fsp3) is 0.0870. The minimum atomic E-state index is 0.0558. The van der Waals surface area contributed by atoms with Gasteiger partial charge in [0, 0.05) is 31.2 Å². The highest BCUT2D eigenvalue weighted by Crippen LogP contribution is 2.25. The summed E-state index contributed by atoms with van der Waals surface area (Å²) in [6, 6.07) is 15.5. The van der Waals surface area contributed by atoms with Crippen LogP contribution in [0.4, 0.5) is 0 Å². The molecule has 2 aromatic rings. The molecule has 0 N–H and O–H groups in total. The van der Waals surface area contributed by atoms with Crippen molar-refractivity contribution in [2.24, 2.45) is 0 Å². The molecule has 0 radical (unpaired) electrons. The molecule has 0 aromatic heterocycles. The third-order valence-electron chi connectivity index (χ3n) is 3.86. The fourth-order valence-corrected chi connectivity index (χ4v) is 2.99. The van der Waals surface area contributed by atoms with Gasteiger partial charge in [0.25, 0.3) is 0 Å². The van der Waals surface area contributed by atoms with Crippen LogP contribution in [0.2, 0.25) is 0 Å². The van der Waals surface area contributed by atoms with Gasteiger partial charge in [-0.25, -0.2) is 0 Å². The average molecular weight is 466 g/mol. The molecule has 0 amide bonds. The van der Waals surface area contributed by atoms with Gasteiger partial charge in [0.1, 0.15) is 0 Å². The molecular formula is C23H14Br2O. The minimum absolute atomic E-state index is 0.0558. The Morgan fingerprint density at radius 1 is 0.692 bits per heavy atom. The summed E-state index contributed by atoms with van der Waals surface area (Å²) in [5.74, 6) is 12.1. The fourth-order valence-electron chi connectivity index (χ4n) is 2.46. The van der Waals surface area contributed by atoms with Crippen molar-refractivity contribution in [1.82, 2.24) is 0 Å². The monoisotopic (exact) mass is 464 g/mol. The molecule has 1 aliphatic carbocycles. The molecule has 3 heteroatoms. The van der Waals surface area contributed by atoms with Crippen LogP contribution in [0.15, 0.2) is 80.8 Å². The van der Waals surface area contributed by atoms with Crippen molar-refractivity contribution in [2.75, 3.05) is 0 Å². The molecule has 0 heterocycles. The van der Waals surface area contributed by atoms with E-state index in [1.165, 1.54) is 0 Å². The zero-order valence-electron chi connectivity index (χ0n) is 13.9. The summed E-state index contributed by atoms with van der Waals surface area (Å²) in [6.07, 6.45) is 4.90. The molecule has 0 bridgehead atoms. The van der Waals surface area contributed by atoms with E-state index in [1.54, 1.807) is 12.2 Å². The molecule has 1 nitrogen and oxygen atoms in total. The first-order valence-corrected chi connectivity index (χ1v) is 9.67. The predicted molar refractivity (Wildman–Crippen MR) is 112 cm³/mol. The first-order valence-electron chi connectivity index (χ1n) is 8.09. The Morgan fingerprint density at radius 3 is 1.46 bits per heavy atom. The van der Waals surface area contributed by atoms with Gasteiger partial charge in [-0.2, -0.15) is 0 Å².